The van der Waals surface area contributed by atoms with E-state index in [0.29, 0.717) is 24.2 Å². The van der Waals surface area contributed by atoms with E-state index in [4.69, 9.17) is 5.73 Å². The number of hydrogen-bond donors (Lipinski definition) is 1. The Labute approximate surface area is 124 Å². The van der Waals surface area contributed by atoms with Crippen LogP contribution in [0.2, 0.25) is 0 Å². The van der Waals surface area contributed by atoms with E-state index in [9.17, 15) is 4.79 Å². The van der Waals surface area contributed by atoms with Crippen LogP contribution >= 0.6 is 23.7 Å². The van der Waals surface area contributed by atoms with Crippen molar-refractivity contribution in [3.05, 3.63) is 16.1 Å². The van der Waals surface area contributed by atoms with Crippen molar-refractivity contribution in [1.82, 2.24) is 9.88 Å². The molecule has 4 nitrogen and oxygen atoms in total. The molecule has 2 atom stereocenters. The summed E-state index contributed by atoms with van der Waals surface area (Å²) in [5.74, 6) is 0.687. The van der Waals surface area contributed by atoms with E-state index in [0.717, 1.165) is 30.8 Å². The van der Waals surface area contributed by atoms with E-state index >= 15 is 0 Å². The Balaban J connectivity index is 0.00000180. The molecular formula is C13H22ClN3OS. The van der Waals surface area contributed by atoms with Crippen molar-refractivity contribution < 1.29 is 4.79 Å². The van der Waals surface area contributed by atoms with Gasteiger partial charge in [0.2, 0.25) is 0 Å². The second kappa shape index (κ2) is 7.22. The Morgan fingerprint density at radius 2 is 2.37 bits per heavy atom. The highest BCUT2D eigenvalue weighted by Gasteiger charge is 2.33. The van der Waals surface area contributed by atoms with Crippen molar-refractivity contribution in [3.8, 4) is 0 Å². The highest BCUT2D eigenvalue weighted by Crippen LogP contribution is 2.27. The first kappa shape index (κ1) is 16.4. The van der Waals surface area contributed by atoms with Gasteiger partial charge in [-0.25, -0.2) is 4.98 Å². The summed E-state index contributed by atoms with van der Waals surface area (Å²) in [6.45, 7) is 5.79. The normalized spacial score (nSPS) is 22.4. The number of rotatable bonds is 4. The molecule has 2 unspecified atom stereocenters. The zero-order valence-corrected chi connectivity index (χ0v) is 13.1. The minimum absolute atomic E-state index is 0. The summed E-state index contributed by atoms with van der Waals surface area (Å²) >= 11 is 1.53. The average Bonchev–Trinajstić information content (AvgIpc) is 2.95. The molecule has 2 N–H and O–H groups in total. The number of carbonyl (C=O) groups excluding carboxylic acids is 1. The standard InChI is InChI=1S/C13H21N3OS.ClH/c1-3-10-6-9(2)7-16(10)13(17)11-8-18-12(15-11)4-5-14;/h8-10H,3-7,14H2,1-2H3;1H. The van der Waals surface area contributed by atoms with Crippen molar-refractivity contribution in [3.63, 3.8) is 0 Å². The average molecular weight is 304 g/mol. The maximum Gasteiger partial charge on any atom is 0.273 e. The van der Waals surface area contributed by atoms with Gasteiger partial charge in [0.15, 0.2) is 0 Å². The topological polar surface area (TPSA) is 59.2 Å². The molecule has 1 saturated heterocycles. The summed E-state index contributed by atoms with van der Waals surface area (Å²) in [4.78, 5) is 18.8. The summed E-state index contributed by atoms with van der Waals surface area (Å²) in [5, 5.41) is 2.82. The fourth-order valence-electron chi connectivity index (χ4n) is 2.58. The van der Waals surface area contributed by atoms with E-state index in [1.54, 1.807) is 0 Å². The number of hydrogen-bond acceptors (Lipinski definition) is 4. The van der Waals surface area contributed by atoms with Crippen LogP contribution in [0.5, 0.6) is 0 Å². The zero-order valence-electron chi connectivity index (χ0n) is 11.5. The van der Waals surface area contributed by atoms with Gasteiger partial charge in [-0.2, -0.15) is 0 Å². The zero-order chi connectivity index (χ0) is 13.1. The molecule has 1 aliphatic heterocycles. The predicted octanol–water partition coefficient (Wildman–Crippen LogP) is 2.33. The Hall–Kier alpha value is -0.650. The fourth-order valence-corrected chi connectivity index (χ4v) is 3.37. The Bertz CT molecular complexity index is 424. The highest BCUT2D eigenvalue weighted by molar-refractivity contribution is 7.09. The second-order valence-corrected chi connectivity index (χ2v) is 5.97. The van der Waals surface area contributed by atoms with Crippen LogP contribution in [-0.4, -0.2) is 34.9 Å². The summed E-state index contributed by atoms with van der Waals surface area (Å²) in [5.41, 5.74) is 6.09. The van der Waals surface area contributed by atoms with Gasteiger partial charge in [0.1, 0.15) is 5.69 Å². The van der Waals surface area contributed by atoms with Crippen LogP contribution in [0.1, 0.15) is 42.2 Å². The monoisotopic (exact) mass is 303 g/mol. The smallest absolute Gasteiger partial charge is 0.273 e. The molecule has 0 radical (unpaired) electrons. The molecule has 1 aromatic heterocycles. The number of aromatic nitrogens is 1. The molecule has 1 fully saturated rings. The predicted molar refractivity (Wildman–Crippen MR) is 81.0 cm³/mol. The third-order valence-corrected chi connectivity index (χ3v) is 4.39. The van der Waals surface area contributed by atoms with Crippen LogP contribution in [0.15, 0.2) is 5.38 Å². The summed E-state index contributed by atoms with van der Waals surface area (Å²) in [6, 6.07) is 0.382. The maximum absolute atomic E-state index is 12.4. The third-order valence-electron chi connectivity index (χ3n) is 3.48. The maximum atomic E-state index is 12.4. The molecule has 6 heteroatoms. The molecule has 0 aliphatic carbocycles. The van der Waals surface area contributed by atoms with Gasteiger partial charge in [0, 0.05) is 24.4 Å². The van der Waals surface area contributed by atoms with Crippen LogP contribution in [0, 0.1) is 5.92 Å². The molecule has 19 heavy (non-hydrogen) atoms. The van der Waals surface area contributed by atoms with E-state index in [1.807, 2.05) is 10.3 Å². The minimum atomic E-state index is 0. The number of carbonyl (C=O) groups is 1. The SMILES string of the molecule is CCC1CC(C)CN1C(=O)c1csc(CCN)n1.Cl. The molecule has 2 heterocycles. The van der Waals surface area contributed by atoms with Crippen LogP contribution in [0.3, 0.4) is 0 Å². The van der Waals surface area contributed by atoms with Crippen LogP contribution in [0.4, 0.5) is 0 Å². The molecular weight excluding hydrogens is 282 g/mol. The third kappa shape index (κ3) is 3.68. The first-order valence-corrected chi connectivity index (χ1v) is 7.49. The number of halogens is 1. The molecule has 0 spiro atoms. The summed E-state index contributed by atoms with van der Waals surface area (Å²) < 4.78 is 0. The van der Waals surface area contributed by atoms with Gasteiger partial charge in [0.25, 0.3) is 5.91 Å². The van der Waals surface area contributed by atoms with Crippen molar-refractivity contribution in [1.29, 1.82) is 0 Å². The lowest BCUT2D eigenvalue weighted by Gasteiger charge is -2.22. The van der Waals surface area contributed by atoms with Crippen molar-refractivity contribution >= 4 is 29.7 Å². The molecule has 0 bridgehead atoms. The Morgan fingerprint density at radius 3 is 3.00 bits per heavy atom. The number of amides is 1. The summed E-state index contributed by atoms with van der Waals surface area (Å²) in [7, 11) is 0. The number of likely N-dealkylation sites (tertiary alicyclic amines) is 1. The first-order valence-electron chi connectivity index (χ1n) is 6.61. The lowest BCUT2D eigenvalue weighted by atomic mass is 10.1. The minimum Gasteiger partial charge on any atom is -0.334 e. The van der Waals surface area contributed by atoms with Crippen LogP contribution in [-0.2, 0) is 6.42 Å². The largest absolute Gasteiger partial charge is 0.334 e. The highest BCUT2D eigenvalue weighted by atomic mass is 35.5. The Kier molecular flexibility index (Phi) is 6.23. The van der Waals surface area contributed by atoms with Gasteiger partial charge < -0.3 is 10.6 Å². The van der Waals surface area contributed by atoms with Gasteiger partial charge in [0.05, 0.1) is 5.01 Å². The van der Waals surface area contributed by atoms with Gasteiger partial charge in [-0.3, -0.25) is 4.79 Å². The van der Waals surface area contributed by atoms with E-state index in [2.05, 4.69) is 18.8 Å². The number of nitrogens with zero attached hydrogens (tertiary/aromatic N) is 2. The molecule has 1 aliphatic rings. The van der Waals surface area contributed by atoms with Crippen molar-refractivity contribution in [2.75, 3.05) is 13.1 Å². The van der Waals surface area contributed by atoms with Gasteiger partial charge in [-0.05, 0) is 25.3 Å². The number of thiazole rings is 1. The molecule has 0 aromatic carbocycles. The lowest BCUT2D eigenvalue weighted by Crippen LogP contribution is -2.35. The molecule has 1 amide bonds. The molecule has 2 rings (SSSR count). The number of nitrogens with two attached hydrogens (primary N) is 1. The fraction of sp³-hybridized carbons (Fsp3) is 0.692. The van der Waals surface area contributed by atoms with Gasteiger partial charge >= 0.3 is 0 Å². The molecule has 0 saturated carbocycles. The molecule has 108 valence electrons. The second-order valence-electron chi connectivity index (χ2n) is 5.03. The van der Waals surface area contributed by atoms with Gasteiger partial charge in [-0.15, -0.1) is 23.7 Å². The molecule has 1 aromatic rings. The van der Waals surface area contributed by atoms with Crippen LogP contribution < -0.4 is 5.73 Å². The van der Waals surface area contributed by atoms with Crippen LogP contribution in [0.25, 0.3) is 0 Å². The van der Waals surface area contributed by atoms with Crippen molar-refractivity contribution in [2.45, 2.75) is 39.2 Å². The van der Waals surface area contributed by atoms with E-state index in [1.165, 1.54) is 11.3 Å². The van der Waals surface area contributed by atoms with E-state index < -0.39 is 0 Å². The van der Waals surface area contributed by atoms with Gasteiger partial charge in [-0.1, -0.05) is 13.8 Å². The first-order chi connectivity index (χ1) is 8.65. The van der Waals surface area contributed by atoms with Crippen molar-refractivity contribution in [2.24, 2.45) is 11.7 Å². The summed E-state index contributed by atoms with van der Waals surface area (Å²) in [6.07, 6.45) is 2.89. The van der Waals surface area contributed by atoms with E-state index in [-0.39, 0.29) is 18.3 Å². The Morgan fingerprint density at radius 1 is 1.63 bits per heavy atom. The quantitative estimate of drug-likeness (QED) is 0.928. The lowest BCUT2D eigenvalue weighted by molar-refractivity contribution is 0.0725.